The minimum Gasteiger partial charge on any atom is -0.0836 e. The maximum absolute atomic E-state index is 2.37. The van der Waals surface area contributed by atoms with E-state index in [4.69, 9.17) is 0 Å². The van der Waals surface area contributed by atoms with E-state index in [1.165, 1.54) is 76.8 Å². The lowest BCUT2D eigenvalue weighted by molar-refractivity contribution is 0.986. The van der Waals surface area contributed by atoms with E-state index in [1.54, 1.807) is 0 Å². The Bertz CT molecular complexity index is 2050. The molecule has 7 aromatic carbocycles. The van der Waals surface area contributed by atoms with Gasteiger partial charge in [0.2, 0.25) is 0 Å². The molecule has 7 aromatic rings. The molecule has 40 heavy (non-hydrogen) atoms. The van der Waals surface area contributed by atoms with Crippen LogP contribution in [-0.2, 0) is 6.42 Å². The molecule has 0 fully saturated rings. The van der Waals surface area contributed by atoms with Gasteiger partial charge in [-0.25, -0.2) is 0 Å². The first-order valence-electron chi connectivity index (χ1n) is 14.2. The molecule has 1 aliphatic carbocycles. The van der Waals surface area contributed by atoms with Crippen LogP contribution in [0.3, 0.4) is 0 Å². The highest BCUT2D eigenvalue weighted by Crippen LogP contribution is 2.44. The molecule has 0 aromatic heterocycles. The minimum absolute atomic E-state index is 1.13. The second kappa shape index (κ2) is 9.36. The zero-order chi connectivity index (χ0) is 26.5. The second-order valence-electron chi connectivity index (χ2n) is 10.8. The van der Waals surface area contributed by atoms with Crippen molar-refractivity contribution in [2.24, 2.45) is 0 Å². The molecule has 0 atom stereocenters. The van der Waals surface area contributed by atoms with Crippen LogP contribution < -0.4 is 0 Å². The van der Waals surface area contributed by atoms with E-state index in [9.17, 15) is 0 Å². The van der Waals surface area contributed by atoms with Gasteiger partial charge < -0.3 is 0 Å². The fourth-order valence-corrected chi connectivity index (χ4v) is 6.56. The predicted molar refractivity (Wildman–Crippen MR) is 173 cm³/mol. The number of hydrogen-bond acceptors (Lipinski definition) is 0. The fourth-order valence-electron chi connectivity index (χ4n) is 6.56. The van der Waals surface area contributed by atoms with Gasteiger partial charge in [0.1, 0.15) is 0 Å². The zero-order valence-electron chi connectivity index (χ0n) is 22.3. The van der Waals surface area contributed by atoms with Gasteiger partial charge in [-0.1, -0.05) is 127 Å². The van der Waals surface area contributed by atoms with Gasteiger partial charge in [-0.2, -0.15) is 0 Å². The third-order valence-electron chi connectivity index (χ3n) is 8.48. The largest absolute Gasteiger partial charge is 0.0836 e. The van der Waals surface area contributed by atoms with Crippen molar-refractivity contribution in [3.63, 3.8) is 0 Å². The lowest BCUT2D eigenvalue weighted by Gasteiger charge is -2.18. The van der Waals surface area contributed by atoms with E-state index in [0.717, 1.165) is 12.8 Å². The van der Waals surface area contributed by atoms with Gasteiger partial charge in [-0.15, -0.1) is 0 Å². The first kappa shape index (κ1) is 23.0. The molecule has 0 nitrogen and oxygen atoms in total. The Balaban J connectivity index is 1.38. The molecule has 0 N–H and O–H groups in total. The maximum Gasteiger partial charge on any atom is -0.00262 e. The number of hydrogen-bond donors (Lipinski definition) is 0. The topological polar surface area (TPSA) is 0 Å². The summed E-state index contributed by atoms with van der Waals surface area (Å²) in [5, 5.41) is 7.69. The molecular weight excluding hydrogens is 480 g/mol. The van der Waals surface area contributed by atoms with Crippen molar-refractivity contribution in [3.05, 3.63) is 151 Å². The summed E-state index contributed by atoms with van der Waals surface area (Å²) in [7, 11) is 0. The van der Waals surface area contributed by atoms with E-state index in [2.05, 4.69) is 146 Å². The number of rotatable bonds is 3. The molecule has 0 unspecified atom stereocenters. The van der Waals surface area contributed by atoms with Crippen LogP contribution in [0.25, 0.3) is 71.8 Å². The van der Waals surface area contributed by atoms with E-state index >= 15 is 0 Å². The summed E-state index contributed by atoms with van der Waals surface area (Å²) in [6, 6.07) is 49.4. The molecular formula is C40H28. The van der Waals surface area contributed by atoms with Crippen molar-refractivity contribution >= 4 is 38.4 Å². The highest BCUT2D eigenvalue weighted by atomic mass is 14.2. The molecule has 0 spiro atoms. The standard InChI is InChI=1S/C40H28/c1-3-12-29-24-32(22-20-27(29)10-1)31-14-9-15-33(26-31)39-35-16-5-7-18-37(35)40(38-19-8-6-17-36(38)39)34-23-21-28-11-2-4-13-30(28)25-34/h2-9,11-26H,1,10H2. The van der Waals surface area contributed by atoms with Gasteiger partial charge in [0, 0.05) is 0 Å². The zero-order valence-corrected chi connectivity index (χ0v) is 22.3. The molecule has 0 saturated heterocycles. The summed E-state index contributed by atoms with van der Waals surface area (Å²) in [5.74, 6) is 0. The van der Waals surface area contributed by atoms with Gasteiger partial charge >= 0.3 is 0 Å². The van der Waals surface area contributed by atoms with Gasteiger partial charge in [-0.05, 0) is 108 Å². The highest BCUT2D eigenvalue weighted by Gasteiger charge is 2.17. The maximum atomic E-state index is 2.37. The normalized spacial score (nSPS) is 12.7. The molecule has 0 amide bonds. The van der Waals surface area contributed by atoms with Crippen molar-refractivity contribution in [3.8, 4) is 33.4 Å². The average Bonchev–Trinajstić information content (AvgIpc) is 3.03. The summed E-state index contributed by atoms with van der Waals surface area (Å²) in [4.78, 5) is 0. The van der Waals surface area contributed by atoms with Crippen LogP contribution in [0.2, 0.25) is 0 Å². The predicted octanol–water partition coefficient (Wildman–Crippen LogP) is 11.1. The summed E-state index contributed by atoms with van der Waals surface area (Å²) in [6.45, 7) is 0. The van der Waals surface area contributed by atoms with Crippen LogP contribution in [0.5, 0.6) is 0 Å². The van der Waals surface area contributed by atoms with E-state index in [0.29, 0.717) is 0 Å². The van der Waals surface area contributed by atoms with E-state index in [-0.39, 0.29) is 0 Å². The van der Waals surface area contributed by atoms with Gasteiger partial charge in [0.25, 0.3) is 0 Å². The third kappa shape index (κ3) is 3.76. The van der Waals surface area contributed by atoms with E-state index in [1.807, 2.05) is 0 Å². The summed E-state index contributed by atoms with van der Waals surface area (Å²) >= 11 is 0. The van der Waals surface area contributed by atoms with Crippen molar-refractivity contribution < 1.29 is 0 Å². The molecule has 0 aliphatic heterocycles. The van der Waals surface area contributed by atoms with Crippen LogP contribution >= 0.6 is 0 Å². The summed E-state index contributed by atoms with van der Waals surface area (Å²) in [5.41, 5.74) is 10.4. The van der Waals surface area contributed by atoms with Crippen molar-refractivity contribution in [2.45, 2.75) is 12.8 Å². The Morgan fingerprint density at radius 3 is 1.70 bits per heavy atom. The molecule has 8 rings (SSSR count). The smallest absolute Gasteiger partial charge is 0.00262 e. The number of aryl methyl sites for hydroxylation is 1. The molecule has 0 saturated carbocycles. The fraction of sp³-hybridized carbons (Fsp3) is 0.0500. The van der Waals surface area contributed by atoms with E-state index < -0.39 is 0 Å². The molecule has 0 heteroatoms. The van der Waals surface area contributed by atoms with Crippen molar-refractivity contribution in [1.29, 1.82) is 0 Å². The Kier molecular flexibility index (Phi) is 5.38. The first-order valence-corrected chi connectivity index (χ1v) is 14.2. The Labute approximate surface area is 234 Å². The first-order chi connectivity index (χ1) is 19.8. The van der Waals surface area contributed by atoms with Crippen molar-refractivity contribution in [2.75, 3.05) is 0 Å². The quantitative estimate of drug-likeness (QED) is 0.208. The van der Waals surface area contributed by atoms with Crippen LogP contribution in [-0.4, -0.2) is 0 Å². The lowest BCUT2D eigenvalue weighted by atomic mass is 9.85. The molecule has 1 aliphatic rings. The van der Waals surface area contributed by atoms with Gasteiger partial charge in [0.15, 0.2) is 0 Å². The Morgan fingerprint density at radius 2 is 0.975 bits per heavy atom. The minimum atomic E-state index is 1.13. The molecule has 0 bridgehead atoms. The van der Waals surface area contributed by atoms with Crippen LogP contribution in [0.15, 0.2) is 140 Å². The average molecular weight is 509 g/mol. The highest BCUT2D eigenvalue weighted by molar-refractivity contribution is 6.21. The molecule has 0 radical (unpaired) electrons. The molecule has 188 valence electrons. The van der Waals surface area contributed by atoms with Crippen LogP contribution in [0, 0.1) is 0 Å². The molecule has 0 heterocycles. The number of allylic oxidation sites excluding steroid dienone is 1. The van der Waals surface area contributed by atoms with Crippen molar-refractivity contribution in [1.82, 2.24) is 0 Å². The number of benzene rings is 7. The Morgan fingerprint density at radius 1 is 0.400 bits per heavy atom. The monoisotopic (exact) mass is 508 g/mol. The van der Waals surface area contributed by atoms with Gasteiger partial charge in [-0.3, -0.25) is 0 Å². The SMILES string of the molecule is C1=Cc2cc(-c3cccc(-c4c5ccccc5c(-c5ccc6ccccc6c5)c5ccccc45)c3)ccc2CC1. The summed E-state index contributed by atoms with van der Waals surface area (Å²) < 4.78 is 0. The third-order valence-corrected chi connectivity index (χ3v) is 8.48. The van der Waals surface area contributed by atoms with Crippen LogP contribution in [0.4, 0.5) is 0 Å². The summed E-state index contributed by atoms with van der Waals surface area (Å²) in [6.07, 6.45) is 6.83. The van der Waals surface area contributed by atoms with Crippen LogP contribution in [0.1, 0.15) is 17.5 Å². The number of fused-ring (bicyclic) bond motifs is 4. The lowest BCUT2D eigenvalue weighted by Crippen LogP contribution is -1.94. The Hall–Kier alpha value is -4.94. The van der Waals surface area contributed by atoms with Gasteiger partial charge in [0.05, 0.1) is 0 Å². The second-order valence-corrected chi connectivity index (χ2v) is 10.8.